The normalized spacial score (nSPS) is 10.2. The SMILES string of the molecule is CCOC(=O)c1cc(-c2ccc([N+](=O)[O-])cc2)cc(C(=O)OCC)n1. The Balaban J connectivity index is 2.49. The van der Waals surface area contributed by atoms with Crippen molar-refractivity contribution in [3.05, 3.63) is 57.9 Å². The molecule has 25 heavy (non-hydrogen) atoms. The molecule has 0 unspecified atom stereocenters. The number of carbonyl (C=O) groups excluding carboxylic acids is 2. The van der Waals surface area contributed by atoms with Crippen LogP contribution >= 0.6 is 0 Å². The molecule has 1 aromatic carbocycles. The molecule has 0 aliphatic carbocycles. The van der Waals surface area contributed by atoms with E-state index in [1.54, 1.807) is 13.8 Å². The summed E-state index contributed by atoms with van der Waals surface area (Å²) in [5, 5.41) is 10.8. The van der Waals surface area contributed by atoms with Gasteiger partial charge < -0.3 is 9.47 Å². The number of carbonyl (C=O) groups is 2. The first kappa shape index (κ1) is 18.1. The van der Waals surface area contributed by atoms with Crippen LogP contribution < -0.4 is 0 Å². The molecule has 2 rings (SSSR count). The lowest BCUT2D eigenvalue weighted by Crippen LogP contribution is -2.13. The van der Waals surface area contributed by atoms with Crippen molar-refractivity contribution in [2.24, 2.45) is 0 Å². The Morgan fingerprint density at radius 1 is 0.960 bits per heavy atom. The Kier molecular flexibility index (Phi) is 5.78. The van der Waals surface area contributed by atoms with Crippen molar-refractivity contribution in [3.8, 4) is 11.1 Å². The largest absolute Gasteiger partial charge is 0.461 e. The summed E-state index contributed by atoms with van der Waals surface area (Å²) in [4.78, 5) is 38.2. The van der Waals surface area contributed by atoms with Crippen molar-refractivity contribution < 1.29 is 24.0 Å². The molecule has 0 bridgehead atoms. The van der Waals surface area contributed by atoms with Crippen LogP contribution in [0.3, 0.4) is 0 Å². The first-order chi connectivity index (χ1) is 12.0. The quantitative estimate of drug-likeness (QED) is 0.450. The number of nitro groups is 1. The number of hydrogen-bond donors (Lipinski definition) is 0. The highest BCUT2D eigenvalue weighted by molar-refractivity contribution is 5.94. The van der Waals surface area contributed by atoms with E-state index in [0.29, 0.717) is 11.1 Å². The van der Waals surface area contributed by atoms with Gasteiger partial charge in [-0.1, -0.05) is 0 Å². The van der Waals surface area contributed by atoms with Crippen LogP contribution in [0, 0.1) is 10.1 Å². The van der Waals surface area contributed by atoms with Crippen LogP contribution in [0.5, 0.6) is 0 Å². The Morgan fingerprint density at radius 2 is 1.44 bits per heavy atom. The Bertz CT molecular complexity index is 765. The zero-order valence-electron chi connectivity index (χ0n) is 13.7. The van der Waals surface area contributed by atoms with E-state index in [4.69, 9.17) is 9.47 Å². The highest BCUT2D eigenvalue weighted by atomic mass is 16.6. The molecule has 0 atom stereocenters. The average Bonchev–Trinajstić information content (AvgIpc) is 2.61. The van der Waals surface area contributed by atoms with Gasteiger partial charge in [0.1, 0.15) is 11.4 Å². The summed E-state index contributed by atoms with van der Waals surface area (Å²) in [6.45, 7) is 3.64. The number of esters is 2. The fourth-order valence-electron chi connectivity index (χ4n) is 2.09. The number of rotatable bonds is 6. The van der Waals surface area contributed by atoms with E-state index in [9.17, 15) is 19.7 Å². The van der Waals surface area contributed by atoms with Crippen LogP contribution in [0.15, 0.2) is 36.4 Å². The first-order valence-corrected chi connectivity index (χ1v) is 7.57. The summed E-state index contributed by atoms with van der Waals surface area (Å²) >= 11 is 0. The number of nitro benzene ring substituents is 1. The number of benzene rings is 1. The van der Waals surface area contributed by atoms with Crippen molar-refractivity contribution in [1.82, 2.24) is 4.98 Å². The second-order valence-electron chi connectivity index (χ2n) is 4.87. The lowest BCUT2D eigenvalue weighted by Gasteiger charge is -2.08. The van der Waals surface area contributed by atoms with Gasteiger partial charge in [0.15, 0.2) is 0 Å². The van der Waals surface area contributed by atoms with Crippen LogP contribution in [-0.4, -0.2) is 35.1 Å². The molecule has 0 radical (unpaired) electrons. The highest BCUT2D eigenvalue weighted by Gasteiger charge is 2.17. The van der Waals surface area contributed by atoms with Crippen molar-refractivity contribution in [2.75, 3.05) is 13.2 Å². The van der Waals surface area contributed by atoms with E-state index in [1.807, 2.05) is 0 Å². The highest BCUT2D eigenvalue weighted by Crippen LogP contribution is 2.24. The van der Waals surface area contributed by atoms with Gasteiger partial charge in [-0.3, -0.25) is 10.1 Å². The number of non-ortho nitro benzene ring substituents is 1. The van der Waals surface area contributed by atoms with Crippen LogP contribution in [-0.2, 0) is 9.47 Å². The third-order valence-corrected chi connectivity index (χ3v) is 3.21. The van der Waals surface area contributed by atoms with Crippen molar-refractivity contribution in [1.29, 1.82) is 0 Å². The number of nitrogens with zero attached hydrogens (tertiary/aromatic N) is 2. The third-order valence-electron chi connectivity index (χ3n) is 3.21. The molecule has 1 aromatic heterocycles. The van der Waals surface area contributed by atoms with Gasteiger partial charge in [0.05, 0.1) is 18.1 Å². The standard InChI is InChI=1S/C17H16N2O6/c1-3-24-16(20)14-9-12(10-15(18-14)17(21)25-4-2)11-5-7-13(8-6-11)19(22)23/h5-10H,3-4H2,1-2H3. The molecule has 0 spiro atoms. The van der Waals surface area contributed by atoms with Crippen molar-refractivity contribution in [3.63, 3.8) is 0 Å². The van der Waals surface area contributed by atoms with E-state index < -0.39 is 16.9 Å². The summed E-state index contributed by atoms with van der Waals surface area (Å²) < 4.78 is 9.84. The molecule has 130 valence electrons. The fourth-order valence-corrected chi connectivity index (χ4v) is 2.09. The predicted molar refractivity (Wildman–Crippen MR) is 88.2 cm³/mol. The van der Waals surface area contributed by atoms with Gasteiger partial charge in [-0.2, -0.15) is 0 Å². The Hall–Kier alpha value is -3.29. The van der Waals surface area contributed by atoms with Gasteiger partial charge >= 0.3 is 11.9 Å². The minimum atomic E-state index is -0.670. The second kappa shape index (κ2) is 8.00. The molecule has 0 aliphatic rings. The molecular formula is C17H16N2O6. The summed E-state index contributed by atoms with van der Waals surface area (Å²) in [5.74, 6) is -1.34. The topological polar surface area (TPSA) is 109 Å². The molecule has 0 amide bonds. The van der Waals surface area contributed by atoms with E-state index >= 15 is 0 Å². The number of hydrogen-bond acceptors (Lipinski definition) is 7. The van der Waals surface area contributed by atoms with Crippen LogP contribution in [0.4, 0.5) is 5.69 Å². The van der Waals surface area contributed by atoms with E-state index in [1.165, 1.54) is 36.4 Å². The monoisotopic (exact) mass is 344 g/mol. The van der Waals surface area contributed by atoms with E-state index in [-0.39, 0.29) is 30.3 Å². The maximum atomic E-state index is 12.0. The van der Waals surface area contributed by atoms with Crippen LogP contribution in [0.1, 0.15) is 34.8 Å². The molecule has 0 saturated carbocycles. The zero-order valence-corrected chi connectivity index (χ0v) is 13.7. The van der Waals surface area contributed by atoms with Gasteiger partial charge in [-0.25, -0.2) is 14.6 Å². The Labute approximate surface area is 143 Å². The van der Waals surface area contributed by atoms with Crippen molar-refractivity contribution in [2.45, 2.75) is 13.8 Å². The third kappa shape index (κ3) is 4.37. The number of ether oxygens (including phenoxy) is 2. The maximum Gasteiger partial charge on any atom is 0.356 e. The van der Waals surface area contributed by atoms with E-state index in [2.05, 4.69) is 4.98 Å². The fraction of sp³-hybridized carbons (Fsp3) is 0.235. The van der Waals surface area contributed by atoms with Gasteiger partial charge in [-0.05, 0) is 49.2 Å². The molecule has 2 aromatic rings. The second-order valence-corrected chi connectivity index (χ2v) is 4.87. The minimum absolute atomic E-state index is 0.0410. The zero-order chi connectivity index (χ0) is 18.4. The van der Waals surface area contributed by atoms with Gasteiger partial charge in [0, 0.05) is 12.1 Å². The summed E-state index contributed by atoms with van der Waals surface area (Å²) in [5.41, 5.74) is 0.940. The van der Waals surface area contributed by atoms with Gasteiger partial charge in [0.2, 0.25) is 0 Å². The molecule has 0 aliphatic heterocycles. The molecule has 0 saturated heterocycles. The van der Waals surface area contributed by atoms with E-state index in [0.717, 1.165) is 0 Å². The number of pyridine rings is 1. The minimum Gasteiger partial charge on any atom is -0.461 e. The molecule has 8 nitrogen and oxygen atoms in total. The molecule has 8 heteroatoms. The summed E-state index contributed by atoms with van der Waals surface area (Å²) in [6, 6.07) is 8.64. The predicted octanol–water partition coefficient (Wildman–Crippen LogP) is 3.01. The molecule has 0 N–H and O–H groups in total. The summed E-state index contributed by atoms with van der Waals surface area (Å²) in [6.07, 6.45) is 0. The Morgan fingerprint density at radius 3 is 1.84 bits per heavy atom. The first-order valence-electron chi connectivity index (χ1n) is 7.57. The van der Waals surface area contributed by atoms with Gasteiger partial charge in [0.25, 0.3) is 5.69 Å². The lowest BCUT2D eigenvalue weighted by atomic mass is 10.0. The smallest absolute Gasteiger partial charge is 0.356 e. The van der Waals surface area contributed by atoms with Crippen LogP contribution in [0.25, 0.3) is 11.1 Å². The summed E-state index contributed by atoms with van der Waals surface area (Å²) in [7, 11) is 0. The molecule has 0 fully saturated rings. The molecule has 1 heterocycles. The average molecular weight is 344 g/mol. The van der Waals surface area contributed by atoms with Crippen molar-refractivity contribution >= 4 is 17.6 Å². The van der Waals surface area contributed by atoms with Gasteiger partial charge in [-0.15, -0.1) is 0 Å². The van der Waals surface area contributed by atoms with Crippen LogP contribution in [0.2, 0.25) is 0 Å². The lowest BCUT2D eigenvalue weighted by molar-refractivity contribution is -0.384. The maximum absolute atomic E-state index is 12.0. The number of aromatic nitrogens is 1. The molecular weight excluding hydrogens is 328 g/mol.